The van der Waals surface area contributed by atoms with E-state index in [-0.39, 0.29) is 0 Å². The number of rotatable bonds is 6. The van der Waals surface area contributed by atoms with Crippen LogP contribution in [0.15, 0.2) is 12.4 Å². The lowest BCUT2D eigenvalue weighted by atomic mass is 10.0. The first-order chi connectivity index (χ1) is 10.5. The van der Waals surface area contributed by atoms with Crippen LogP contribution < -0.4 is 10.2 Å². The largest absolute Gasteiger partial charge is 0.480 e. The predicted octanol–water partition coefficient (Wildman–Crippen LogP) is 2.62. The Hall–Kier alpha value is -1.85. The van der Waals surface area contributed by atoms with Crippen molar-refractivity contribution in [3.63, 3.8) is 0 Å². The fourth-order valence-electron chi connectivity index (χ4n) is 2.87. The van der Waals surface area contributed by atoms with Crippen molar-refractivity contribution in [1.82, 2.24) is 9.97 Å². The summed E-state index contributed by atoms with van der Waals surface area (Å²) in [6.45, 7) is 8.26. The summed E-state index contributed by atoms with van der Waals surface area (Å²) in [4.78, 5) is 22.1. The molecule has 1 fully saturated rings. The molecule has 0 bridgehead atoms. The van der Waals surface area contributed by atoms with Gasteiger partial charge < -0.3 is 15.3 Å². The Balaban J connectivity index is 2.08. The molecule has 0 amide bonds. The van der Waals surface area contributed by atoms with Gasteiger partial charge in [-0.3, -0.25) is 0 Å². The fourth-order valence-corrected chi connectivity index (χ4v) is 2.87. The number of hydrogen-bond donors (Lipinski definition) is 2. The van der Waals surface area contributed by atoms with Gasteiger partial charge in [-0.05, 0) is 31.1 Å². The van der Waals surface area contributed by atoms with Crippen LogP contribution in [-0.4, -0.2) is 40.2 Å². The Morgan fingerprint density at radius 3 is 2.91 bits per heavy atom. The molecule has 0 saturated carbocycles. The lowest BCUT2D eigenvalue weighted by molar-refractivity contribution is -0.138. The molecule has 1 unspecified atom stereocenters. The van der Waals surface area contributed by atoms with Crippen LogP contribution in [0.1, 0.15) is 40.0 Å². The van der Waals surface area contributed by atoms with Crippen molar-refractivity contribution >= 4 is 17.6 Å². The van der Waals surface area contributed by atoms with Crippen LogP contribution in [0.4, 0.5) is 11.6 Å². The van der Waals surface area contributed by atoms with Crippen LogP contribution in [0.25, 0.3) is 0 Å². The first-order valence-electron chi connectivity index (χ1n) is 8.02. The maximum absolute atomic E-state index is 11.4. The Labute approximate surface area is 132 Å². The van der Waals surface area contributed by atoms with Gasteiger partial charge in [0.2, 0.25) is 0 Å². The average Bonchev–Trinajstić information content (AvgIpc) is 2.46. The van der Waals surface area contributed by atoms with Gasteiger partial charge in [0.1, 0.15) is 24.0 Å². The van der Waals surface area contributed by atoms with Gasteiger partial charge in [-0.25, -0.2) is 14.8 Å². The summed E-state index contributed by atoms with van der Waals surface area (Å²) in [6, 6.07) is 1.23. The number of piperidine rings is 1. The van der Waals surface area contributed by atoms with Crippen molar-refractivity contribution in [2.75, 3.05) is 23.3 Å². The van der Waals surface area contributed by atoms with E-state index in [1.54, 1.807) is 0 Å². The van der Waals surface area contributed by atoms with Crippen molar-refractivity contribution in [3.8, 4) is 0 Å². The van der Waals surface area contributed by atoms with E-state index in [1.807, 2.05) is 19.9 Å². The Morgan fingerprint density at radius 1 is 1.50 bits per heavy atom. The van der Waals surface area contributed by atoms with E-state index in [0.29, 0.717) is 24.1 Å². The van der Waals surface area contributed by atoms with Crippen molar-refractivity contribution in [2.45, 2.75) is 46.1 Å². The van der Waals surface area contributed by atoms with E-state index in [9.17, 15) is 9.90 Å². The Kier molecular flexibility index (Phi) is 5.57. The maximum atomic E-state index is 11.4. The molecule has 1 aliphatic rings. The zero-order valence-electron chi connectivity index (χ0n) is 13.6. The monoisotopic (exact) mass is 306 g/mol. The number of nitrogens with one attached hydrogen (secondary N) is 1. The highest BCUT2D eigenvalue weighted by atomic mass is 16.4. The standard InChI is InChI=1S/C16H26N4O2/c1-11(2)7-13(16(21)22)19-14-8-15(18-10-17-14)20-6-4-5-12(3)9-20/h8,10-13H,4-7,9H2,1-3H3,(H,21,22)(H,17,18,19)/t12?,13-/m1/s1. The van der Waals surface area contributed by atoms with Crippen LogP contribution >= 0.6 is 0 Å². The highest BCUT2D eigenvalue weighted by Crippen LogP contribution is 2.22. The third kappa shape index (κ3) is 4.58. The summed E-state index contributed by atoms with van der Waals surface area (Å²) in [7, 11) is 0. The average molecular weight is 306 g/mol. The van der Waals surface area contributed by atoms with Crippen molar-refractivity contribution in [2.24, 2.45) is 11.8 Å². The number of nitrogens with zero attached hydrogens (tertiary/aromatic N) is 3. The Morgan fingerprint density at radius 2 is 2.27 bits per heavy atom. The summed E-state index contributed by atoms with van der Waals surface area (Å²) < 4.78 is 0. The summed E-state index contributed by atoms with van der Waals surface area (Å²) in [5, 5.41) is 12.3. The maximum Gasteiger partial charge on any atom is 0.326 e. The molecule has 1 saturated heterocycles. The molecule has 2 rings (SSSR count). The van der Waals surface area contributed by atoms with Gasteiger partial charge in [-0.15, -0.1) is 0 Å². The fraction of sp³-hybridized carbons (Fsp3) is 0.688. The SMILES string of the molecule is CC(C)C[C@@H](Nc1cc(N2CCCC(C)C2)ncn1)C(=O)O. The number of anilines is 2. The summed E-state index contributed by atoms with van der Waals surface area (Å²) in [5.74, 6) is 1.57. The van der Waals surface area contributed by atoms with E-state index in [0.717, 1.165) is 18.9 Å². The molecule has 2 N–H and O–H groups in total. The molecule has 6 heteroatoms. The summed E-state index contributed by atoms with van der Waals surface area (Å²) >= 11 is 0. The van der Waals surface area contributed by atoms with E-state index in [2.05, 4.69) is 27.1 Å². The zero-order valence-corrected chi connectivity index (χ0v) is 13.6. The minimum absolute atomic E-state index is 0.304. The van der Waals surface area contributed by atoms with Crippen LogP contribution in [0.2, 0.25) is 0 Å². The molecule has 1 aliphatic heterocycles. The molecule has 0 radical (unpaired) electrons. The van der Waals surface area contributed by atoms with Gasteiger partial charge in [0.15, 0.2) is 0 Å². The van der Waals surface area contributed by atoms with Crippen LogP contribution in [0.5, 0.6) is 0 Å². The second kappa shape index (κ2) is 7.42. The lowest BCUT2D eigenvalue weighted by Crippen LogP contribution is -2.35. The molecule has 1 aromatic heterocycles. The normalized spacial score (nSPS) is 20.0. The van der Waals surface area contributed by atoms with Crippen LogP contribution in [0.3, 0.4) is 0 Å². The van der Waals surface area contributed by atoms with Gasteiger partial charge in [-0.1, -0.05) is 20.8 Å². The molecular formula is C16H26N4O2. The minimum atomic E-state index is -0.847. The number of carboxylic acid groups (broad SMARTS) is 1. The number of carbonyl (C=O) groups is 1. The summed E-state index contributed by atoms with van der Waals surface area (Å²) in [5.41, 5.74) is 0. The zero-order chi connectivity index (χ0) is 16.1. The molecule has 6 nitrogen and oxygen atoms in total. The molecule has 0 aliphatic carbocycles. The van der Waals surface area contributed by atoms with Gasteiger partial charge in [0, 0.05) is 19.2 Å². The molecule has 0 aromatic carbocycles. The molecule has 2 atom stereocenters. The van der Waals surface area contributed by atoms with Crippen molar-refractivity contribution < 1.29 is 9.90 Å². The smallest absolute Gasteiger partial charge is 0.326 e. The number of carboxylic acids is 1. The van der Waals surface area contributed by atoms with Gasteiger partial charge in [0.05, 0.1) is 0 Å². The van der Waals surface area contributed by atoms with E-state index < -0.39 is 12.0 Å². The molecular weight excluding hydrogens is 280 g/mol. The third-order valence-electron chi connectivity index (χ3n) is 3.96. The topological polar surface area (TPSA) is 78.3 Å². The molecule has 122 valence electrons. The molecule has 2 heterocycles. The van der Waals surface area contributed by atoms with Crippen molar-refractivity contribution in [3.05, 3.63) is 12.4 Å². The number of aliphatic carboxylic acids is 1. The van der Waals surface area contributed by atoms with Gasteiger partial charge in [-0.2, -0.15) is 0 Å². The van der Waals surface area contributed by atoms with E-state index in [1.165, 1.54) is 19.2 Å². The summed E-state index contributed by atoms with van der Waals surface area (Å²) in [6.07, 6.45) is 4.49. The number of aromatic nitrogens is 2. The second-order valence-electron chi connectivity index (χ2n) is 6.62. The lowest BCUT2D eigenvalue weighted by Gasteiger charge is -2.32. The van der Waals surface area contributed by atoms with E-state index >= 15 is 0 Å². The molecule has 0 spiro atoms. The highest BCUT2D eigenvalue weighted by Gasteiger charge is 2.21. The van der Waals surface area contributed by atoms with Gasteiger partial charge >= 0.3 is 5.97 Å². The molecule has 22 heavy (non-hydrogen) atoms. The van der Waals surface area contributed by atoms with Crippen LogP contribution in [-0.2, 0) is 4.79 Å². The molecule has 1 aromatic rings. The van der Waals surface area contributed by atoms with Gasteiger partial charge in [0.25, 0.3) is 0 Å². The quantitative estimate of drug-likeness (QED) is 0.841. The van der Waals surface area contributed by atoms with Crippen LogP contribution in [0, 0.1) is 11.8 Å². The second-order valence-corrected chi connectivity index (χ2v) is 6.62. The Bertz CT molecular complexity index is 507. The first-order valence-corrected chi connectivity index (χ1v) is 8.02. The van der Waals surface area contributed by atoms with Crippen molar-refractivity contribution in [1.29, 1.82) is 0 Å². The minimum Gasteiger partial charge on any atom is -0.480 e. The predicted molar refractivity (Wildman–Crippen MR) is 87.1 cm³/mol. The first kappa shape index (κ1) is 16.5. The number of hydrogen-bond acceptors (Lipinski definition) is 5. The third-order valence-corrected chi connectivity index (χ3v) is 3.96. The van der Waals surface area contributed by atoms with E-state index in [4.69, 9.17) is 0 Å². The highest BCUT2D eigenvalue weighted by molar-refractivity contribution is 5.77.